The number of hydrogen-bond donors (Lipinski definition) is 1. The molecule has 0 aliphatic heterocycles. The second-order valence-corrected chi connectivity index (χ2v) is 3.54. The van der Waals surface area contributed by atoms with Crippen LogP contribution >= 0.6 is 0 Å². The maximum atomic E-state index is 11.4. The summed E-state index contributed by atoms with van der Waals surface area (Å²) in [6, 6.07) is 0.0723. The Labute approximate surface area is 68.2 Å². The lowest BCUT2D eigenvalue weighted by molar-refractivity contribution is -0.124. The molecule has 2 atom stereocenters. The molecule has 0 bridgehead atoms. The molecule has 0 spiro atoms. The molecular weight excluding hydrogens is 138 g/mol. The topological polar surface area (TPSA) is 43.1 Å². The van der Waals surface area contributed by atoms with E-state index in [0.717, 1.165) is 19.3 Å². The van der Waals surface area contributed by atoms with Crippen molar-refractivity contribution in [2.24, 2.45) is 17.6 Å². The van der Waals surface area contributed by atoms with Crippen LogP contribution in [-0.2, 0) is 4.79 Å². The van der Waals surface area contributed by atoms with Crippen molar-refractivity contribution in [3.05, 3.63) is 0 Å². The summed E-state index contributed by atoms with van der Waals surface area (Å²) >= 11 is 0. The van der Waals surface area contributed by atoms with E-state index in [1.165, 1.54) is 0 Å². The Bertz CT molecular complexity index is 152. The van der Waals surface area contributed by atoms with Crippen LogP contribution in [0.3, 0.4) is 0 Å². The van der Waals surface area contributed by atoms with Crippen molar-refractivity contribution in [3.8, 4) is 0 Å². The van der Waals surface area contributed by atoms with Gasteiger partial charge in [-0.3, -0.25) is 4.79 Å². The summed E-state index contributed by atoms with van der Waals surface area (Å²) in [5.74, 6) is 0.828. The minimum atomic E-state index is 0.0723. The molecule has 0 amide bonds. The molecule has 0 aromatic rings. The number of carbonyl (C=O) groups excluding carboxylic acids is 1. The molecule has 1 fully saturated rings. The van der Waals surface area contributed by atoms with Crippen molar-refractivity contribution < 1.29 is 4.79 Å². The Morgan fingerprint density at radius 1 is 1.64 bits per heavy atom. The predicted octanol–water partition coefficient (Wildman–Crippen LogP) is 1.34. The lowest BCUT2D eigenvalue weighted by Gasteiger charge is -2.16. The number of Topliss-reactive ketones (excluding diaryl/α,β-unsaturated/α-hetero) is 1. The van der Waals surface area contributed by atoms with E-state index in [9.17, 15) is 4.79 Å². The first kappa shape index (κ1) is 8.72. The highest BCUT2D eigenvalue weighted by Gasteiger charge is 2.34. The Morgan fingerprint density at radius 2 is 2.18 bits per heavy atom. The van der Waals surface area contributed by atoms with Crippen LogP contribution < -0.4 is 5.73 Å². The maximum Gasteiger partial charge on any atom is 0.140 e. The number of ketones is 1. The van der Waals surface area contributed by atoms with E-state index in [1.54, 1.807) is 0 Å². The van der Waals surface area contributed by atoms with Gasteiger partial charge in [-0.15, -0.1) is 0 Å². The zero-order chi connectivity index (χ0) is 8.43. The van der Waals surface area contributed by atoms with Crippen molar-refractivity contribution in [2.75, 3.05) is 0 Å². The van der Waals surface area contributed by atoms with E-state index >= 15 is 0 Å². The van der Waals surface area contributed by atoms with E-state index in [2.05, 4.69) is 0 Å². The Hall–Kier alpha value is -0.370. The van der Waals surface area contributed by atoms with E-state index in [-0.39, 0.29) is 12.0 Å². The summed E-state index contributed by atoms with van der Waals surface area (Å²) < 4.78 is 0. The number of hydrogen-bond acceptors (Lipinski definition) is 2. The molecule has 2 nitrogen and oxygen atoms in total. The van der Waals surface area contributed by atoms with Gasteiger partial charge in [0.1, 0.15) is 5.78 Å². The van der Waals surface area contributed by atoms with Gasteiger partial charge in [0.15, 0.2) is 0 Å². The molecule has 64 valence electrons. The second-order valence-electron chi connectivity index (χ2n) is 3.54. The van der Waals surface area contributed by atoms with Crippen LogP contribution in [0.1, 0.15) is 33.1 Å². The third-order valence-electron chi connectivity index (χ3n) is 2.54. The zero-order valence-corrected chi connectivity index (χ0v) is 7.34. The minimum absolute atomic E-state index is 0.0723. The molecule has 1 rings (SSSR count). The first-order valence-electron chi connectivity index (χ1n) is 4.46. The van der Waals surface area contributed by atoms with Gasteiger partial charge in [0.05, 0.1) is 0 Å². The molecule has 1 aliphatic carbocycles. The number of carbonyl (C=O) groups is 1. The number of rotatable bonds is 4. The van der Waals surface area contributed by atoms with Crippen LogP contribution in [0.2, 0.25) is 0 Å². The lowest BCUT2D eigenvalue weighted by Crippen LogP contribution is -2.33. The van der Waals surface area contributed by atoms with Gasteiger partial charge in [-0.1, -0.05) is 13.8 Å². The Kier molecular flexibility index (Phi) is 2.66. The monoisotopic (exact) mass is 155 g/mol. The van der Waals surface area contributed by atoms with E-state index in [0.29, 0.717) is 11.7 Å². The second kappa shape index (κ2) is 3.35. The van der Waals surface area contributed by atoms with Gasteiger partial charge in [0.2, 0.25) is 0 Å². The average Bonchev–Trinajstić information content (AvgIpc) is 2.82. The zero-order valence-electron chi connectivity index (χ0n) is 7.34. The molecule has 2 N–H and O–H groups in total. The third-order valence-corrected chi connectivity index (χ3v) is 2.54. The fourth-order valence-corrected chi connectivity index (χ4v) is 1.30. The first-order valence-corrected chi connectivity index (χ1v) is 4.46. The fraction of sp³-hybridized carbons (Fsp3) is 0.889. The molecule has 1 aliphatic rings. The van der Waals surface area contributed by atoms with Gasteiger partial charge in [-0.2, -0.15) is 0 Å². The van der Waals surface area contributed by atoms with Crippen molar-refractivity contribution >= 4 is 5.78 Å². The third kappa shape index (κ3) is 2.03. The van der Waals surface area contributed by atoms with Gasteiger partial charge < -0.3 is 5.73 Å². The first-order chi connectivity index (χ1) is 5.16. The van der Waals surface area contributed by atoms with Crippen LogP contribution in [-0.4, -0.2) is 11.8 Å². The average molecular weight is 155 g/mol. The molecular formula is C9H17NO. The van der Waals surface area contributed by atoms with Gasteiger partial charge in [0, 0.05) is 17.9 Å². The van der Waals surface area contributed by atoms with E-state index < -0.39 is 0 Å². The van der Waals surface area contributed by atoms with Crippen LogP contribution in [0.5, 0.6) is 0 Å². The lowest BCUT2D eigenvalue weighted by atomic mass is 9.93. The van der Waals surface area contributed by atoms with Crippen LogP contribution in [0.4, 0.5) is 0 Å². The van der Waals surface area contributed by atoms with Gasteiger partial charge in [-0.25, -0.2) is 0 Å². The standard InChI is InChI=1S/C9H17NO/c1-3-8(10)6(2)9(11)7-4-5-7/h6-8H,3-5,10H2,1-2H3. The quantitative estimate of drug-likeness (QED) is 0.665. The predicted molar refractivity (Wildman–Crippen MR) is 45.2 cm³/mol. The summed E-state index contributed by atoms with van der Waals surface area (Å²) in [5.41, 5.74) is 5.76. The highest BCUT2D eigenvalue weighted by molar-refractivity contribution is 5.85. The number of nitrogens with two attached hydrogens (primary N) is 1. The summed E-state index contributed by atoms with van der Waals surface area (Å²) in [7, 11) is 0. The molecule has 2 heteroatoms. The highest BCUT2D eigenvalue weighted by atomic mass is 16.1. The van der Waals surface area contributed by atoms with Gasteiger partial charge in [-0.05, 0) is 19.3 Å². The normalized spacial score (nSPS) is 22.8. The van der Waals surface area contributed by atoms with Gasteiger partial charge in [0.25, 0.3) is 0 Å². The minimum Gasteiger partial charge on any atom is -0.327 e. The molecule has 0 heterocycles. The fourth-order valence-electron chi connectivity index (χ4n) is 1.30. The van der Waals surface area contributed by atoms with E-state index in [4.69, 9.17) is 5.73 Å². The van der Waals surface area contributed by atoms with Gasteiger partial charge >= 0.3 is 0 Å². The smallest absolute Gasteiger partial charge is 0.140 e. The maximum absolute atomic E-state index is 11.4. The Balaban J connectivity index is 2.38. The molecule has 0 aromatic heterocycles. The molecule has 11 heavy (non-hydrogen) atoms. The van der Waals surface area contributed by atoms with Crippen LogP contribution in [0, 0.1) is 11.8 Å². The van der Waals surface area contributed by atoms with Crippen molar-refractivity contribution in [1.82, 2.24) is 0 Å². The van der Waals surface area contributed by atoms with Crippen molar-refractivity contribution in [1.29, 1.82) is 0 Å². The summed E-state index contributed by atoms with van der Waals surface area (Å²) in [6.07, 6.45) is 3.10. The molecule has 0 radical (unpaired) electrons. The largest absolute Gasteiger partial charge is 0.327 e. The van der Waals surface area contributed by atoms with Crippen LogP contribution in [0.15, 0.2) is 0 Å². The highest BCUT2D eigenvalue weighted by Crippen LogP contribution is 2.33. The van der Waals surface area contributed by atoms with E-state index in [1.807, 2.05) is 13.8 Å². The van der Waals surface area contributed by atoms with Crippen molar-refractivity contribution in [3.63, 3.8) is 0 Å². The SMILES string of the molecule is CCC(N)C(C)C(=O)C1CC1. The molecule has 0 aromatic carbocycles. The molecule has 1 saturated carbocycles. The van der Waals surface area contributed by atoms with Crippen molar-refractivity contribution in [2.45, 2.75) is 39.2 Å². The molecule has 0 saturated heterocycles. The summed E-state index contributed by atoms with van der Waals surface area (Å²) in [4.78, 5) is 11.4. The van der Waals surface area contributed by atoms with Crippen LogP contribution in [0.25, 0.3) is 0 Å². The summed E-state index contributed by atoms with van der Waals surface area (Å²) in [5, 5.41) is 0. The molecule has 2 unspecified atom stereocenters. The Morgan fingerprint density at radius 3 is 2.55 bits per heavy atom. The summed E-state index contributed by atoms with van der Waals surface area (Å²) in [6.45, 7) is 3.98.